The molecule has 1 aliphatic rings. The van der Waals surface area contributed by atoms with Gasteiger partial charge in [-0.1, -0.05) is 30.3 Å². The molecule has 0 saturated carbocycles. The maximum atomic E-state index is 12.9. The zero-order valence-electron chi connectivity index (χ0n) is 20.9. The first-order valence-electron chi connectivity index (χ1n) is 12.4. The van der Waals surface area contributed by atoms with Gasteiger partial charge in [0.25, 0.3) is 0 Å². The van der Waals surface area contributed by atoms with Crippen molar-refractivity contribution in [2.75, 3.05) is 44.2 Å². The Morgan fingerprint density at radius 3 is 2.31 bits per heavy atom. The standard InChI is InChI=1S/C27H33N7O2/c1-21(2)34-27(36)33(20-30-34)24-11-9-23(10-12-24)32-17-15-31(16-18-32)19-25(22-7-4-3-5-8-22)26(35)29-14-6-13-28/h3-5,7-12,20-21,25H,6,14-19H2,1-2H3,(H,29,35). The van der Waals surface area contributed by atoms with E-state index in [-0.39, 0.29) is 23.6 Å². The van der Waals surface area contributed by atoms with Crippen molar-refractivity contribution >= 4 is 11.6 Å². The van der Waals surface area contributed by atoms with Crippen molar-refractivity contribution in [3.05, 3.63) is 77.0 Å². The molecule has 0 spiro atoms. The molecule has 1 aromatic heterocycles. The van der Waals surface area contributed by atoms with Crippen LogP contribution in [0.1, 0.15) is 37.8 Å². The Morgan fingerprint density at radius 2 is 1.69 bits per heavy atom. The summed E-state index contributed by atoms with van der Waals surface area (Å²) in [6.07, 6.45) is 1.87. The van der Waals surface area contributed by atoms with E-state index in [1.54, 1.807) is 10.9 Å². The molecule has 2 heterocycles. The van der Waals surface area contributed by atoms with E-state index in [4.69, 9.17) is 5.26 Å². The van der Waals surface area contributed by atoms with Crippen LogP contribution in [-0.2, 0) is 4.79 Å². The Hall–Kier alpha value is -3.90. The van der Waals surface area contributed by atoms with Crippen LogP contribution < -0.4 is 15.9 Å². The normalized spacial score (nSPS) is 15.0. The highest BCUT2D eigenvalue weighted by molar-refractivity contribution is 5.83. The highest BCUT2D eigenvalue weighted by Crippen LogP contribution is 2.22. The van der Waals surface area contributed by atoms with E-state index in [1.807, 2.05) is 68.4 Å². The van der Waals surface area contributed by atoms with Gasteiger partial charge in [-0.3, -0.25) is 9.69 Å². The number of piperazine rings is 1. The summed E-state index contributed by atoms with van der Waals surface area (Å²) in [6.45, 7) is 8.26. The number of hydrogen-bond acceptors (Lipinski definition) is 6. The summed E-state index contributed by atoms with van der Waals surface area (Å²) >= 11 is 0. The lowest BCUT2D eigenvalue weighted by atomic mass is 9.97. The van der Waals surface area contributed by atoms with Gasteiger partial charge in [-0.05, 0) is 43.7 Å². The molecule has 1 amide bonds. The Morgan fingerprint density at radius 1 is 1.03 bits per heavy atom. The minimum atomic E-state index is -0.277. The van der Waals surface area contributed by atoms with E-state index < -0.39 is 0 Å². The quantitative estimate of drug-likeness (QED) is 0.466. The van der Waals surface area contributed by atoms with E-state index in [1.165, 1.54) is 4.68 Å². The second-order valence-electron chi connectivity index (χ2n) is 9.29. The van der Waals surface area contributed by atoms with Crippen LogP contribution in [0.5, 0.6) is 0 Å². The van der Waals surface area contributed by atoms with E-state index >= 15 is 0 Å². The van der Waals surface area contributed by atoms with Gasteiger partial charge in [-0.25, -0.2) is 14.0 Å². The maximum absolute atomic E-state index is 12.9. The van der Waals surface area contributed by atoms with E-state index in [9.17, 15) is 9.59 Å². The van der Waals surface area contributed by atoms with Crippen molar-refractivity contribution < 1.29 is 4.79 Å². The van der Waals surface area contributed by atoms with Crippen molar-refractivity contribution in [2.45, 2.75) is 32.2 Å². The zero-order chi connectivity index (χ0) is 25.5. The van der Waals surface area contributed by atoms with Crippen molar-refractivity contribution in [1.29, 1.82) is 5.26 Å². The number of nitrogens with one attached hydrogen (secondary N) is 1. The first-order valence-corrected chi connectivity index (χ1v) is 12.4. The third kappa shape index (κ3) is 5.83. The summed E-state index contributed by atoms with van der Waals surface area (Å²) in [5, 5.41) is 15.9. The fraction of sp³-hybridized carbons (Fsp3) is 0.407. The van der Waals surface area contributed by atoms with Crippen LogP contribution in [0.4, 0.5) is 5.69 Å². The molecular formula is C27H33N7O2. The largest absolute Gasteiger partial charge is 0.369 e. The second-order valence-corrected chi connectivity index (χ2v) is 9.29. The van der Waals surface area contributed by atoms with Gasteiger partial charge in [0.05, 0.1) is 30.1 Å². The average molecular weight is 488 g/mol. The number of nitriles is 1. The number of anilines is 1. The highest BCUT2D eigenvalue weighted by Gasteiger charge is 2.26. The number of benzene rings is 2. The third-order valence-electron chi connectivity index (χ3n) is 6.54. The molecule has 1 N–H and O–H groups in total. The molecule has 4 rings (SSSR count). The van der Waals surface area contributed by atoms with Crippen LogP contribution in [0.15, 0.2) is 65.7 Å². The Labute approximate surface area is 211 Å². The van der Waals surface area contributed by atoms with Crippen LogP contribution in [0, 0.1) is 11.3 Å². The molecule has 1 fully saturated rings. The number of nitrogens with zero attached hydrogens (tertiary/aromatic N) is 6. The summed E-state index contributed by atoms with van der Waals surface area (Å²) in [6, 6.07) is 19.9. The SMILES string of the molecule is CC(C)n1ncn(-c2ccc(N3CCN(CC(C(=O)NCCC#N)c4ccccc4)CC3)cc2)c1=O. The predicted molar refractivity (Wildman–Crippen MR) is 139 cm³/mol. The minimum Gasteiger partial charge on any atom is -0.369 e. The lowest BCUT2D eigenvalue weighted by molar-refractivity contribution is -0.123. The van der Waals surface area contributed by atoms with E-state index in [2.05, 4.69) is 26.3 Å². The number of amides is 1. The monoisotopic (exact) mass is 487 g/mol. The van der Waals surface area contributed by atoms with Crippen LogP contribution in [0.25, 0.3) is 5.69 Å². The van der Waals surface area contributed by atoms with Crippen molar-refractivity contribution in [3.8, 4) is 11.8 Å². The zero-order valence-corrected chi connectivity index (χ0v) is 20.9. The summed E-state index contributed by atoms with van der Waals surface area (Å²) in [5.74, 6) is -0.314. The Balaban J connectivity index is 1.37. The number of carbonyl (C=O) groups excluding carboxylic acids is 1. The molecule has 0 aliphatic carbocycles. The molecule has 3 aromatic rings. The molecule has 188 valence electrons. The Bertz CT molecular complexity index is 1230. The smallest absolute Gasteiger partial charge is 0.350 e. The first kappa shape index (κ1) is 25.2. The van der Waals surface area contributed by atoms with Gasteiger partial charge in [0.15, 0.2) is 0 Å². The molecule has 2 aromatic carbocycles. The molecule has 1 aliphatic heterocycles. The summed E-state index contributed by atoms with van der Waals surface area (Å²) in [7, 11) is 0. The van der Waals surface area contributed by atoms with E-state index in [0.717, 1.165) is 43.1 Å². The molecule has 36 heavy (non-hydrogen) atoms. The summed E-state index contributed by atoms with van der Waals surface area (Å²) in [5.41, 5.74) is 2.75. The number of rotatable bonds is 9. The molecule has 1 saturated heterocycles. The molecular weight excluding hydrogens is 454 g/mol. The lowest BCUT2D eigenvalue weighted by Gasteiger charge is -2.37. The van der Waals surface area contributed by atoms with Crippen molar-refractivity contribution in [3.63, 3.8) is 0 Å². The molecule has 0 bridgehead atoms. The molecule has 1 unspecified atom stereocenters. The maximum Gasteiger partial charge on any atom is 0.350 e. The molecule has 0 radical (unpaired) electrons. The van der Waals surface area contributed by atoms with Gasteiger partial charge in [0.2, 0.25) is 5.91 Å². The van der Waals surface area contributed by atoms with Crippen molar-refractivity contribution in [2.24, 2.45) is 0 Å². The third-order valence-corrected chi connectivity index (χ3v) is 6.54. The second kappa shape index (κ2) is 11.7. The first-order chi connectivity index (χ1) is 17.5. The van der Waals surface area contributed by atoms with Gasteiger partial charge in [0, 0.05) is 45.0 Å². The van der Waals surface area contributed by atoms with Gasteiger partial charge in [-0.15, -0.1) is 0 Å². The van der Waals surface area contributed by atoms with Gasteiger partial charge >= 0.3 is 5.69 Å². The Kier molecular flexibility index (Phi) is 8.18. The fourth-order valence-corrected chi connectivity index (χ4v) is 4.51. The van der Waals surface area contributed by atoms with Crippen LogP contribution in [0.2, 0.25) is 0 Å². The van der Waals surface area contributed by atoms with Crippen molar-refractivity contribution in [1.82, 2.24) is 24.6 Å². The average Bonchev–Trinajstić information content (AvgIpc) is 3.30. The van der Waals surface area contributed by atoms with Gasteiger partial charge in [-0.2, -0.15) is 10.4 Å². The lowest BCUT2D eigenvalue weighted by Crippen LogP contribution is -2.49. The molecule has 9 nitrogen and oxygen atoms in total. The number of aromatic nitrogens is 3. The van der Waals surface area contributed by atoms with Crippen LogP contribution >= 0.6 is 0 Å². The number of carbonyl (C=O) groups is 1. The predicted octanol–water partition coefficient (Wildman–Crippen LogP) is 2.55. The number of hydrogen-bond donors (Lipinski definition) is 1. The topological polar surface area (TPSA) is 99.2 Å². The van der Waals surface area contributed by atoms with E-state index in [0.29, 0.717) is 19.5 Å². The van der Waals surface area contributed by atoms with Crippen LogP contribution in [-0.4, -0.2) is 64.4 Å². The molecule has 9 heteroatoms. The summed E-state index contributed by atoms with van der Waals surface area (Å²) in [4.78, 5) is 30.1. The molecule has 1 atom stereocenters. The summed E-state index contributed by atoms with van der Waals surface area (Å²) < 4.78 is 3.03. The fourth-order valence-electron chi connectivity index (χ4n) is 4.51. The van der Waals surface area contributed by atoms with Gasteiger partial charge < -0.3 is 10.2 Å². The van der Waals surface area contributed by atoms with Gasteiger partial charge in [0.1, 0.15) is 6.33 Å². The highest BCUT2D eigenvalue weighted by atomic mass is 16.2. The van der Waals surface area contributed by atoms with Crippen LogP contribution in [0.3, 0.4) is 0 Å². The minimum absolute atomic E-state index is 0.0134.